The van der Waals surface area contributed by atoms with Crippen LogP contribution in [0.3, 0.4) is 0 Å². The van der Waals surface area contributed by atoms with Gasteiger partial charge in [-0.2, -0.15) is 0 Å². The van der Waals surface area contributed by atoms with E-state index in [1.54, 1.807) is 6.07 Å². The highest BCUT2D eigenvalue weighted by Gasteiger charge is 2.09. The molecule has 0 spiro atoms. The predicted molar refractivity (Wildman–Crippen MR) is 136 cm³/mol. The van der Waals surface area contributed by atoms with E-state index >= 15 is 0 Å². The fourth-order valence-electron chi connectivity index (χ4n) is 3.69. The van der Waals surface area contributed by atoms with Crippen LogP contribution in [0.1, 0.15) is 55.4 Å². The SMILES string of the molecule is CC(C)c1cc(CNc2ccc(CC[C@H](C)NC(=O)O)cc2O)cc(OCc2ccccc2)c1. The number of carbonyl (C=O) groups is 1. The first kappa shape index (κ1) is 25.0. The molecule has 1 amide bonds. The van der Waals surface area contributed by atoms with Crippen molar-refractivity contribution in [3.63, 3.8) is 0 Å². The highest BCUT2D eigenvalue weighted by molar-refractivity contribution is 5.64. The Balaban J connectivity index is 1.63. The third-order valence-electron chi connectivity index (χ3n) is 5.68. The maximum atomic E-state index is 10.7. The summed E-state index contributed by atoms with van der Waals surface area (Å²) in [5.41, 5.74) is 5.01. The van der Waals surface area contributed by atoms with Gasteiger partial charge in [-0.3, -0.25) is 0 Å². The molecule has 34 heavy (non-hydrogen) atoms. The van der Waals surface area contributed by atoms with Crippen LogP contribution >= 0.6 is 0 Å². The van der Waals surface area contributed by atoms with E-state index in [1.165, 1.54) is 5.56 Å². The second kappa shape index (κ2) is 12.0. The molecular formula is C28H34N2O4. The van der Waals surface area contributed by atoms with Gasteiger partial charge in [0, 0.05) is 12.6 Å². The van der Waals surface area contributed by atoms with Crippen molar-refractivity contribution in [1.29, 1.82) is 0 Å². The molecule has 0 aromatic heterocycles. The number of aryl methyl sites for hydroxylation is 1. The van der Waals surface area contributed by atoms with Gasteiger partial charge in [0.05, 0.1) is 5.69 Å². The lowest BCUT2D eigenvalue weighted by Gasteiger charge is -2.15. The standard InChI is InChI=1S/C28H34N2O4/c1-19(2)24-13-23(14-25(16-24)34-18-22-7-5-4-6-8-22)17-29-26-12-11-21(15-27(26)31)10-9-20(3)30-28(32)33/h4-8,11-16,19-20,29-31H,9-10,17-18H2,1-3H3,(H,32,33)/t20-/m0/s1. The number of amides is 1. The van der Waals surface area contributed by atoms with Gasteiger partial charge in [0.15, 0.2) is 0 Å². The van der Waals surface area contributed by atoms with Gasteiger partial charge in [-0.15, -0.1) is 0 Å². The summed E-state index contributed by atoms with van der Waals surface area (Å²) in [5, 5.41) is 25.0. The molecule has 0 radical (unpaired) electrons. The molecule has 180 valence electrons. The number of ether oxygens (including phenoxy) is 1. The minimum Gasteiger partial charge on any atom is -0.506 e. The van der Waals surface area contributed by atoms with Crippen molar-refractivity contribution < 1.29 is 19.7 Å². The van der Waals surface area contributed by atoms with Gasteiger partial charge in [-0.1, -0.05) is 56.3 Å². The number of aromatic hydroxyl groups is 1. The zero-order chi connectivity index (χ0) is 24.5. The monoisotopic (exact) mass is 462 g/mol. The molecule has 6 nitrogen and oxygen atoms in total. The molecule has 0 saturated carbocycles. The molecule has 0 fully saturated rings. The molecule has 0 aliphatic carbocycles. The van der Waals surface area contributed by atoms with E-state index in [9.17, 15) is 9.90 Å². The highest BCUT2D eigenvalue weighted by atomic mass is 16.5. The van der Waals surface area contributed by atoms with Gasteiger partial charge < -0.3 is 25.6 Å². The van der Waals surface area contributed by atoms with E-state index in [-0.39, 0.29) is 11.8 Å². The second-order valence-corrected chi connectivity index (χ2v) is 8.93. The number of phenolic OH excluding ortho intramolecular Hbond substituents is 1. The van der Waals surface area contributed by atoms with Gasteiger partial charge >= 0.3 is 6.09 Å². The molecule has 1 atom stereocenters. The Bertz CT molecular complexity index is 1080. The fraction of sp³-hybridized carbons (Fsp3) is 0.321. The van der Waals surface area contributed by atoms with E-state index in [0.29, 0.717) is 37.6 Å². The number of carboxylic acid groups (broad SMARTS) is 1. The largest absolute Gasteiger partial charge is 0.506 e. The Morgan fingerprint density at radius 2 is 1.71 bits per heavy atom. The zero-order valence-electron chi connectivity index (χ0n) is 20.0. The quantitative estimate of drug-likeness (QED) is 0.251. The first-order valence-electron chi connectivity index (χ1n) is 11.7. The maximum absolute atomic E-state index is 10.7. The average Bonchev–Trinajstić information content (AvgIpc) is 2.81. The molecule has 4 N–H and O–H groups in total. The molecule has 6 heteroatoms. The van der Waals surface area contributed by atoms with E-state index in [2.05, 4.69) is 36.6 Å². The number of benzene rings is 3. The van der Waals surface area contributed by atoms with Gasteiger partial charge in [-0.05, 0) is 72.2 Å². The van der Waals surface area contributed by atoms with Crippen LogP contribution in [-0.4, -0.2) is 22.3 Å². The van der Waals surface area contributed by atoms with Crippen molar-refractivity contribution in [3.8, 4) is 11.5 Å². The van der Waals surface area contributed by atoms with Crippen molar-refractivity contribution in [2.45, 2.75) is 58.7 Å². The molecule has 3 aromatic carbocycles. The zero-order valence-corrected chi connectivity index (χ0v) is 20.0. The van der Waals surface area contributed by atoms with Crippen LogP contribution in [0.25, 0.3) is 0 Å². The van der Waals surface area contributed by atoms with Gasteiger partial charge in [0.2, 0.25) is 0 Å². The fourth-order valence-corrected chi connectivity index (χ4v) is 3.69. The average molecular weight is 463 g/mol. The van der Waals surface area contributed by atoms with Crippen molar-refractivity contribution in [2.24, 2.45) is 0 Å². The van der Waals surface area contributed by atoms with E-state index in [4.69, 9.17) is 9.84 Å². The molecule has 0 aliphatic rings. The Morgan fingerprint density at radius 1 is 0.941 bits per heavy atom. The Labute approximate surface area is 201 Å². The molecule has 0 unspecified atom stereocenters. The van der Waals surface area contributed by atoms with E-state index < -0.39 is 6.09 Å². The molecule has 0 bridgehead atoms. The summed E-state index contributed by atoms with van der Waals surface area (Å²) < 4.78 is 6.07. The van der Waals surface area contributed by atoms with Gasteiger partial charge in [0.1, 0.15) is 18.1 Å². The summed E-state index contributed by atoms with van der Waals surface area (Å²) in [4.78, 5) is 10.7. The summed E-state index contributed by atoms with van der Waals surface area (Å²) in [6.45, 7) is 7.20. The lowest BCUT2D eigenvalue weighted by atomic mass is 10.00. The van der Waals surface area contributed by atoms with Crippen LogP contribution in [0.5, 0.6) is 11.5 Å². The molecule has 0 heterocycles. The van der Waals surface area contributed by atoms with Crippen LogP contribution in [-0.2, 0) is 19.6 Å². The van der Waals surface area contributed by atoms with Gasteiger partial charge in [0.25, 0.3) is 0 Å². The Morgan fingerprint density at radius 3 is 2.38 bits per heavy atom. The lowest BCUT2D eigenvalue weighted by molar-refractivity contribution is 0.190. The number of hydrogen-bond donors (Lipinski definition) is 4. The summed E-state index contributed by atoms with van der Waals surface area (Å²) in [6.07, 6.45) is 0.310. The van der Waals surface area contributed by atoms with Crippen LogP contribution in [0.4, 0.5) is 10.5 Å². The molecule has 0 saturated heterocycles. The van der Waals surface area contributed by atoms with Crippen molar-refractivity contribution in [2.75, 3.05) is 5.32 Å². The molecule has 0 aliphatic heterocycles. The third kappa shape index (κ3) is 7.73. The molecule has 3 aromatic rings. The second-order valence-electron chi connectivity index (χ2n) is 8.93. The summed E-state index contributed by atoms with van der Waals surface area (Å²) in [7, 11) is 0. The number of nitrogens with one attached hydrogen (secondary N) is 2. The van der Waals surface area contributed by atoms with Crippen molar-refractivity contribution >= 4 is 11.8 Å². The van der Waals surface area contributed by atoms with Gasteiger partial charge in [-0.25, -0.2) is 4.79 Å². The third-order valence-corrected chi connectivity index (χ3v) is 5.68. The molecule has 3 rings (SSSR count). The smallest absolute Gasteiger partial charge is 0.404 e. The molecular weight excluding hydrogens is 428 g/mol. The summed E-state index contributed by atoms with van der Waals surface area (Å²) in [6, 6.07) is 21.8. The summed E-state index contributed by atoms with van der Waals surface area (Å²) >= 11 is 0. The minimum atomic E-state index is -1.02. The van der Waals surface area contributed by atoms with Crippen LogP contribution in [0, 0.1) is 0 Å². The van der Waals surface area contributed by atoms with Crippen LogP contribution < -0.4 is 15.4 Å². The highest BCUT2D eigenvalue weighted by Crippen LogP contribution is 2.28. The van der Waals surface area contributed by atoms with E-state index in [1.807, 2.05) is 55.5 Å². The Kier molecular flexibility index (Phi) is 8.79. The van der Waals surface area contributed by atoms with Crippen LogP contribution in [0.2, 0.25) is 0 Å². The minimum absolute atomic E-state index is 0.149. The predicted octanol–water partition coefficient (Wildman–Crippen LogP) is 6.30. The Hall–Kier alpha value is -3.67. The number of anilines is 1. The lowest BCUT2D eigenvalue weighted by Crippen LogP contribution is -2.31. The topological polar surface area (TPSA) is 90.8 Å². The first-order valence-corrected chi connectivity index (χ1v) is 11.7. The maximum Gasteiger partial charge on any atom is 0.404 e. The van der Waals surface area contributed by atoms with Crippen LogP contribution in [0.15, 0.2) is 66.7 Å². The number of phenols is 1. The number of hydrogen-bond acceptors (Lipinski definition) is 4. The summed E-state index contributed by atoms with van der Waals surface area (Å²) in [5.74, 6) is 1.37. The number of rotatable bonds is 11. The normalized spacial score (nSPS) is 11.8. The van der Waals surface area contributed by atoms with E-state index in [0.717, 1.165) is 22.4 Å². The van der Waals surface area contributed by atoms with Crippen molar-refractivity contribution in [1.82, 2.24) is 5.32 Å². The first-order chi connectivity index (χ1) is 16.3. The van der Waals surface area contributed by atoms with Crippen molar-refractivity contribution in [3.05, 3.63) is 89.0 Å².